The van der Waals surface area contributed by atoms with Crippen molar-refractivity contribution < 1.29 is 9.47 Å². The van der Waals surface area contributed by atoms with Gasteiger partial charge in [-0.15, -0.1) is 12.4 Å². The molecule has 1 aromatic rings. The Morgan fingerprint density at radius 1 is 1.24 bits per heavy atom. The van der Waals surface area contributed by atoms with E-state index in [1.54, 1.807) is 0 Å². The summed E-state index contributed by atoms with van der Waals surface area (Å²) in [6, 6.07) is 7.94. The maximum atomic E-state index is 5.99. The van der Waals surface area contributed by atoms with Gasteiger partial charge in [-0.05, 0) is 38.3 Å². The highest BCUT2D eigenvalue weighted by Gasteiger charge is 2.26. The van der Waals surface area contributed by atoms with Crippen molar-refractivity contribution >= 4 is 12.4 Å². The van der Waals surface area contributed by atoms with Crippen molar-refractivity contribution in [1.29, 1.82) is 0 Å². The van der Waals surface area contributed by atoms with Crippen molar-refractivity contribution in [2.45, 2.75) is 38.3 Å². The first kappa shape index (κ1) is 14.1. The Bertz CT molecular complexity index is 346. The van der Waals surface area contributed by atoms with Gasteiger partial charge in [-0.3, -0.25) is 0 Å². The summed E-state index contributed by atoms with van der Waals surface area (Å²) in [4.78, 5) is 0. The zero-order valence-corrected chi connectivity index (χ0v) is 10.9. The van der Waals surface area contributed by atoms with Crippen LogP contribution in [0.3, 0.4) is 0 Å². The van der Waals surface area contributed by atoms with Gasteiger partial charge < -0.3 is 15.2 Å². The van der Waals surface area contributed by atoms with Crippen LogP contribution >= 0.6 is 12.4 Å². The Hall–Kier alpha value is -0.930. The van der Waals surface area contributed by atoms with E-state index in [9.17, 15) is 0 Å². The van der Waals surface area contributed by atoms with Gasteiger partial charge in [0.15, 0.2) is 11.5 Å². The molecule has 1 aromatic carbocycles. The smallest absolute Gasteiger partial charge is 0.161 e. The molecule has 0 heterocycles. The molecular weight excluding hydrogens is 238 g/mol. The van der Waals surface area contributed by atoms with Gasteiger partial charge in [0.2, 0.25) is 0 Å². The summed E-state index contributed by atoms with van der Waals surface area (Å²) in [7, 11) is 0. The fraction of sp³-hybridized carbons (Fsp3) is 0.538. The molecule has 0 amide bonds. The molecule has 0 saturated heterocycles. The van der Waals surface area contributed by atoms with Gasteiger partial charge in [-0.25, -0.2) is 0 Å². The number of halogens is 1. The highest BCUT2D eigenvalue weighted by atomic mass is 35.5. The third kappa shape index (κ3) is 3.51. The average Bonchev–Trinajstić information content (AvgIpc) is 2.68. The molecule has 2 atom stereocenters. The molecule has 0 spiro atoms. The zero-order chi connectivity index (χ0) is 11.4. The standard InChI is InChI=1S/C13H19NO2.ClH/c1-2-15-12-7-3-4-8-13(12)16-11-9-5-6-10(11)14;/h3-4,7-8,10-11H,2,5-6,9,14H2,1H3;1H/t10-,11+;/m1./s1. The summed E-state index contributed by atoms with van der Waals surface area (Å²) in [5.74, 6) is 1.62. The third-order valence-electron chi connectivity index (χ3n) is 2.93. The second-order valence-corrected chi connectivity index (χ2v) is 4.13. The molecule has 1 fully saturated rings. The molecule has 0 bridgehead atoms. The lowest BCUT2D eigenvalue weighted by atomic mass is 10.2. The number of nitrogens with two attached hydrogens (primary N) is 1. The Kier molecular flexibility index (Phi) is 5.59. The molecule has 0 aliphatic heterocycles. The predicted octanol–water partition coefficient (Wildman–Crippen LogP) is 2.77. The minimum absolute atomic E-state index is 0. The van der Waals surface area contributed by atoms with Gasteiger partial charge in [0.1, 0.15) is 6.10 Å². The summed E-state index contributed by atoms with van der Waals surface area (Å²) >= 11 is 0. The molecule has 2 N–H and O–H groups in total. The lowest BCUT2D eigenvalue weighted by Gasteiger charge is -2.19. The van der Waals surface area contributed by atoms with Crippen molar-refractivity contribution in [3.63, 3.8) is 0 Å². The zero-order valence-electron chi connectivity index (χ0n) is 10.1. The van der Waals surface area contributed by atoms with Crippen LogP contribution < -0.4 is 15.2 Å². The number of rotatable bonds is 4. The molecule has 17 heavy (non-hydrogen) atoms. The van der Waals surface area contributed by atoms with Gasteiger partial charge >= 0.3 is 0 Å². The highest BCUT2D eigenvalue weighted by Crippen LogP contribution is 2.30. The maximum absolute atomic E-state index is 5.99. The first-order chi connectivity index (χ1) is 7.81. The second kappa shape index (κ2) is 6.72. The lowest BCUT2D eigenvalue weighted by molar-refractivity contribution is 0.181. The van der Waals surface area contributed by atoms with Crippen LogP contribution in [0, 0.1) is 0 Å². The summed E-state index contributed by atoms with van der Waals surface area (Å²) in [6.07, 6.45) is 3.40. The largest absolute Gasteiger partial charge is 0.490 e. The number of hydrogen-bond donors (Lipinski definition) is 1. The van der Waals surface area contributed by atoms with E-state index in [-0.39, 0.29) is 24.6 Å². The van der Waals surface area contributed by atoms with Crippen LogP contribution in [0.25, 0.3) is 0 Å². The van der Waals surface area contributed by atoms with E-state index >= 15 is 0 Å². The molecule has 1 saturated carbocycles. The van der Waals surface area contributed by atoms with Crippen LogP contribution in [-0.2, 0) is 0 Å². The van der Waals surface area contributed by atoms with Gasteiger partial charge in [0.25, 0.3) is 0 Å². The lowest BCUT2D eigenvalue weighted by Crippen LogP contribution is -2.33. The minimum atomic E-state index is 0. The molecule has 1 aliphatic carbocycles. The Labute approximate surface area is 109 Å². The monoisotopic (exact) mass is 257 g/mol. The van der Waals surface area contributed by atoms with Crippen LogP contribution in [-0.4, -0.2) is 18.8 Å². The van der Waals surface area contributed by atoms with Gasteiger partial charge in [0.05, 0.1) is 6.61 Å². The van der Waals surface area contributed by atoms with E-state index in [2.05, 4.69) is 0 Å². The molecular formula is C13H20ClNO2. The molecule has 1 aliphatic rings. The van der Waals surface area contributed by atoms with Crippen LogP contribution in [0.1, 0.15) is 26.2 Å². The average molecular weight is 258 g/mol. The molecule has 0 unspecified atom stereocenters. The van der Waals surface area contributed by atoms with E-state index < -0.39 is 0 Å². The van der Waals surface area contributed by atoms with Gasteiger partial charge in [-0.2, -0.15) is 0 Å². The summed E-state index contributed by atoms with van der Waals surface area (Å²) < 4.78 is 11.4. The fourth-order valence-corrected chi connectivity index (χ4v) is 2.09. The van der Waals surface area contributed by atoms with E-state index in [0.717, 1.165) is 30.8 Å². The van der Waals surface area contributed by atoms with Crippen molar-refractivity contribution in [3.8, 4) is 11.5 Å². The molecule has 2 rings (SSSR count). The summed E-state index contributed by atoms with van der Waals surface area (Å²) in [5, 5.41) is 0. The Morgan fingerprint density at radius 2 is 1.94 bits per heavy atom. The topological polar surface area (TPSA) is 44.5 Å². The Balaban J connectivity index is 0.00000144. The number of hydrogen-bond acceptors (Lipinski definition) is 3. The first-order valence-corrected chi connectivity index (χ1v) is 5.95. The molecule has 3 nitrogen and oxygen atoms in total. The van der Waals surface area contributed by atoms with Gasteiger partial charge in [0, 0.05) is 6.04 Å². The van der Waals surface area contributed by atoms with E-state index in [1.165, 1.54) is 0 Å². The van der Waals surface area contributed by atoms with E-state index in [0.29, 0.717) is 6.61 Å². The summed E-state index contributed by atoms with van der Waals surface area (Å²) in [5.41, 5.74) is 5.99. The van der Waals surface area contributed by atoms with E-state index in [1.807, 2.05) is 31.2 Å². The fourth-order valence-electron chi connectivity index (χ4n) is 2.09. The SMILES string of the molecule is CCOc1ccccc1O[C@H]1CCC[C@H]1N.Cl. The summed E-state index contributed by atoms with van der Waals surface area (Å²) in [6.45, 7) is 2.62. The van der Waals surface area contributed by atoms with Crippen LogP contribution in [0.15, 0.2) is 24.3 Å². The van der Waals surface area contributed by atoms with Crippen molar-refractivity contribution in [1.82, 2.24) is 0 Å². The van der Waals surface area contributed by atoms with Crippen molar-refractivity contribution in [2.75, 3.05) is 6.61 Å². The molecule has 96 valence electrons. The van der Waals surface area contributed by atoms with Crippen molar-refractivity contribution in [3.05, 3.63) is 24.3 Å². The number of ether oxygens (including phenoxy) is 2. The highest BCUT2D eigenvalue weighted by molar-refractivity contribution is 5.85. The maximum Gasteiger partial charge on any atom is 0.161 e. The molecule has 4 heteroatoms. The number of benzene rings is 1. The molecule has 0 aromatic heterocycles. The third-order valence-corrected chi connectivity index (χ3v) is 2.93. The van der Waals surface area contributed by atoms with Crippen molar-refractivity contribution in [2.24, 2.45) is 5.73 Å². The molecule has 0 radical (unpaired) electrons. The van der Waals surface area contributed by atoms with Crippen LogP contribution in [0.5, 0.6) is 11.5 Å². The quantitative estimate of drug-likeness (QED) is 0.902. The van der Waals surface area contributed by atoms with Crippen LogP contribution in [0.2, 0.25) is 0 Å². The normalized spacial score (nSPS) is 22.9. The van der Waals surface area contributed by atoms with Gasteiger partial charge in [-0.1, -0.05) is 12.1 Å². The Morgan fingerprint density at radius 3 is 2.53 bits per heavy atom. The number of para-hydroxylation sites is 2. The minimum Gasteiger partial charge on any atom is -0.490 e. The predicted molar refractivity (Wildman–Crippen MR) is 71.1 cm³/mol. The second-order valence-electron chi connectivity index (χ2n) is 4.13. The van der Waals surface area contributed by atoms with E-state index in [4.69, 9.17) is 15.2 Å². The first-order valence-electron chi connectivity index (χ1n) is 5.95. The van der Waals surface area contributed by atoms with Crippen LogP contribution in [0.4, 0.5) is 0 Å².